The number of hydrogen-bond acceptors (Lipinski definition) is 3. The molecule has 0 saturated carbocycles. The summed E-state index contributed by atoms with van der Waals surface area (Å²) in [6, 6.07) is 5.26. The van der Waals surface area contributed by atoms with Gasteiger partial charge in [0.25, 0.3) is 0 Å². The summed E-state index contributed by atoms with van der Waals surface area (Å²) in [4.78, 5) is 12.2. The zero-order valence-electron chi connectivity index (χ0n) is 12.3. The number of rotatable bonds is 7. The molecule has 0 unspecified atom stereocenters. The molecule has 0 heterocycles. The molecule has 0 aliphatic rings. The van der Waals surface area contributed by atoms with Crippen LogP contribution in [0.2, 0.25) is 5.02 Å². The fourth-order valence-electron chi connectivity index (χ4n) is 2.16. The molecule has 0 bridgehead atoms. The van der Waals surface area contributed by atoms with Gasteiger partial charge in [0.15, 0.2) is 0 Å². The summed E-state index contributed by atoms with van der Waals surface area (Å²) in [7, 11) is 1.58. The van der Waals surface area contributed by atoms with Gasteiger partial charge >= 0.3 is 0 Å². The molecule has 1 rings (SSSR count). The topological polar surface area (TPSA) is 64.3 Å². The summed E-state index contributed by atoms with van der Waals surface area (Å²) in [6.07, 6.45) is 1.84. The second-order valence-electron chi connectivity index (χ2n) is 4.87. The third-order valence-corrected chi connectivity index (χ3v) is 3.98. The van der Waals surface area contributed by atoms with Gasteiger partial charge in [-0.2, -0.15) is 0 Å². The molecular formula is C15H23ClN2O2. The monoisotopic (exact) mass is 298 g/mol. The SMILES string of the molecule is CCC(CC)(CN)NC(=O)Cc1cc(Cl)ccc1OC. The van der Waals surface area contributed by atoms with Crippen molar-refractivity contribution in [3.05, 3.63) is 28.8 Å². The van der Waals surface area contributed by atoms with Crippen molar-refractivity contribution >= 4 is 17.5 Å². The molecule has 4 nitrogen and oxygen atoms in total. The van der Waals surface area contributed by atoms with Crippen LogP contribution in [-0.4, -0.2) is 25.1 Å². The zero-order chi connectivity index (χ0) is 15.2. The number of nitrogens with two attached hydrogens (primary N) is 1. The van der Waals surface area contributed by atoms with Crippen LogP contribution in [0.5, 0.6) is 5.75 Å². The highest BCUT2D eigenvalue weighted by Gasteiger charge is 2.26. The first kappa shape index (κ1) is 16.8. The van der Waals surface area contributed by atoms with E-state index in [1.807, 2.05) is 13.8 Å². The van der Waals surface area contributed by atoms with Gasteiger partial charge in [-0.15, -0.1) is 0 Å². The van der Waals surface area contributed by atoms with E-state index in [0.29, 0.717) is 17.3 Å². The lowest BCUT2D eigenvalue weighted by Crippen LogP contribution is -2.53. The van der Waals surface area contributed by atoms with Crippen LogP contribution in [0, 0.1) is 0 Å². The van der Waals surface area contributed by atoms with Crippen molar-refractivity contribution in [1.82, 2.24) is 5.32 Å². The minimum Gasteiger partial charge on any atom is -0.496 e. The quantitative estimate of drug-likeness (QED) is 0.813. The fraction of sp³-hybridized carbons (Fsp3) is 0.533. The minimum absolute atomic E-state index is 0.0697. The van der Waals surface area contributed by atoms with Gasteiger partial charge in [-0.05, 0) is 31.0 Å². The van der Waals surface area contributed by atoms with Crippen molar-refractivity contribution in [2.45, 2.75) is 38.6 Å². The lowest BCUT2D eigenvalue weighted by atomic mass is 9.92. The van der Waals surface area contributed by atoms with E-state index in [0.717, 1.165) is 18.4 Å². The Morgan fingerprint density at radius 3 is 2.55 bits per heavy atom. The number of ether oxygens (including phenoxy) is 1. The summed E-state index contributed by atoms with van der Waals surface area (Å²) in [5, 5.41) is 3.62. The first-order chi connectivity index (χ1) is 9.50. The Bertz CT molecular complexity index is 451. The Labute approximate surface area is 125 Å². The first-order valence-electron chi connectivity index (χ1n) is 6.83. The lowest BCUT2D eigenvalue weighted by molar-refractivity contribution is -0.122. The van der Waals surface area contributed by atoms with Gasteiger partial charge in [0.05, 0.1) is 19.1 Å². The standard InChI is InChI=1S/C15H23ClN2O2/c1-4-15(5-2,10-17)18-14(19)9-11-8-12(16)6-7-13(11)20-3/h6-8H,4-5,9-10,17H2,1-3H3,(H,18,19). The highest BCUT2D eigenvalue weighted by molar-refractivity contribution is 6.30. The molecule has 0 radical (unpaired) electrons. The van der Waals surface area contributed by atoms with E-state index in [9.17, 15) is 4.79 Å². The van der Waals surface area contributed by atoms with Crippen LogP contribution in [0.4, 0.5) is 0 Å². The van der Waals surface area contributed by atoms with Crippen LogP contribution in [0.25, 0.3) is 0 Å². The molecule has 0 aliphatic heterocycles. The van der Waals surface area contributed by atoms with Crippen molar-refractivity contribution in [3.8, 4) is 5.75 Å². The highest BCUT2D eigenvalue weighted by atomic mass is 35.5. The predicted molar refractivity (Wildman–Crippen MR) is 82.2 cm³/mol. The molecule has 3 N–H and O–H groups in total. The van der Waals surface area contributed by atoms with Gasteiger partial charge in [-0.1, -0.05) is 25.4 Å². The zero-order valence-corrected chi connectivity index (χ0v) is 13.1. The number of hydrogen-bond donors (Lipinski definition) is 2. The second kappa shape index (κ2) is 7.50. The molecule has 0 atom stereocenters. The molecule has 0 spiro atoms. The van der Waals surface area contributed by atoms with E-state index in [1.54, 1.807) is 25.3 Å². The van der Waals surface area contributed by atoms with Crippen LogP contribution >= 0.6 is 11.6 Å². The van der Waals surface area contributed by atoms with Crippen LogP contribution < -0.4 is 15.8 Å². The second-order valence-corrected chi connectivity index (χ2v) is 5.31. The third-order valence-electron chi connectivity index (χ3n) is 3.74. The van der Waals surface area contributed by atoms with Gasteiger partial charge in [-0.3, -0.25) is 4.79 Å². The van der Waals surface area contributed by atoms with E-state index in [2.05, 4.69) is 5.32 Å². The molecule has 112 valence electrons. The molecule has 5 heteroatoms. The summed E-state index contributed by atoms with van der Waals surface area (Å²) in [5.74, 6) is 0.593. The van der Waals surface area contributed by atoms with E-state index in [4.69, 9.17) is 22.1 Å². The fourth-order valence-corrected chi connectivity index (χ4v) is 2.36. The normalized spacial score (nSPS) is 11.2. The molecular weight excluding hydrogens is 276 g/mol. The molecule has 20 heavy (non-hydrogen) atoms. The van der Waals surface area contributed by atoms with Gasteiger partial charge < -0.3 is 15.8 Å². The largest absolute Gasteiger partial charge is 0.496 e. The number of carbonyl (C=O) groups excluding carboxylic acids is 1. The number of amides is 1. The van der Waals surface area contributed by atoms with Crippen molar-refractivity contribution < 1.29 is 9.53 Å². The Hall–Kier alpha value is -1.26. The van der Waals surface area contributed by atoms with Crippen molar-refractivity contribution in [2.24, 2.45) is 5.73 Å². The number of methoxy groups -OCH3 is 1. The molecule has 0 fully saturated rings. The summed E-state index contributed by atoms with van der Waals surface area (Å²) in [6.45, 7) is 4.48. The molecule has 0 aromatic heterocycles. The van der Waals surface area contributed by atoms with Gasteiger partial charge in [0.2, 0.25) is 5.91 Å². The molecule has 0 saturated heterocycles. The Morgan fingerprint density at radius 1 is 1.40 bits per heavy atom. The smallest absolute Gasteiger partial charge is 0.225 e. The van der Waals surface area contributed by atoms with E-state index < -0.39 is 0 Å². The first-order valence-corrected chi connectivity index (χ1v) is 7.21. The molecule has 1 aromatic rings. The van der Waals surface area contributed by atoms with Crippen molar-refractivity contribution in [3.63, 3.8) is 0 Å². The minimum atomic E-state index is -0.330. The summed E-state index contributed by atoms with van der Waals surface area (Å²) >= 11 is 5.96. The van der Waals surface area contributed by atoms with Crippen LogP contribution in [0.1, 0.15) is 32.3 Å². The predicted octanol–water partition coefficient (Wildman–Crippen LogP) is 2.52. The van der Waals surface area contributed by atoms with E-state index in [1.165, 1.54) is 0 Å². The maximum absolute atomic E-state index is 12.2. The van der Waals surface area contributed by atoms with Gasteiger partial charge in [0.1, 0.15) is 5.75 Å². The van der Waals surface area contributed by atoms with Crippen molar-refractivity contribution in [1.29, 1.82) is 0 Å². The van der Waals surface area contributed by atoms with Crippen LogP contribution in [0.15, 0.2) is 18.2 Å². The van der Waals surface area contributed by atoms with Crippen LogP contribution in [-0.2, 0) is 11.2 Å². The van der Waals surface area contributed by atoms with E-state index >= 15 is 0 Å². The summed E-state index contributed by atoms with van der Waals surface area (Å²) in [5.41, 5.74) is 6.23. The number of halogens is 1. The average molecular weight is 299 g/mol. The van der Waals surface area contributed by atoms with E-state index in [-0.39, 0.29) is 17.9 Å². The van der Waals surface area contributed by atoms with Crippen LogP contribution in [0.3, 0.4) is 0 Å². The maximum Gasteiger partial charge on any atom is 0.225 e. The number of benzene rings is 1. The van der Waals surface area contributed by atoms with Gasteiger partial charge in [0, 0.05) is 17.1 Å². The third kappa shape index (κ3) is 4.12. The van der Waals surface area contributed by atoms with Crippen molar-refractivity contribution in [2.75, 3.05) is 13.7 Å². The molecule has 1 amide bonds. The summed E-state index contributed by atoms with van der Waals surface area (Å²) < 4.78 is 5.25. The highest BCUT2D eigenvalue weighted by Crippen LogP contribution is 2.23. The molecule has 1 aromatic carbocycles. The maximum atomic E-state index is 12.2. The number of nitrogens with one attached hydrogen (secondary N) is 1. The molecule has 0 aliphatic carbocycles. The Balaban J connectivity index is 2.83. The lowest BCUT2D eigenvalue weighted by Gasteiger charge is -2.31. The Kier molecular flexibility index (Phi) is 6.30. The average Bonchev–Trinajstić information content (AvgIpc) is 2.45. The van der Waals surface area contributed by atoms with Gasteiger partial charge in [-0.25, -0.2) is 0 Å². The Morgan fingerprint density at radius 2 is 2.05 bits per heavy atom. The number of carbonyl (C=O) groups is 1.